The van der Waals surface area contributed by atoms with Crippen LogP contribution in [0.4, 0.5) is 23.2 Å². The summed E-state index contributed by atoms with van der Waals surface area (Å²) in [7, 11) is 1.30. The second-order valence-corrected chi connectivity index (χ2v) is 7.63. The van der Waals surface area contributed by atoms with Crippen molar-refractivity contribution in [3.63, 3.8) is 0 Å². The van der Waals surface area contributed by atoms with E-state index in [4.69, 9.17) is 4.74 Å². The van der Waals surface area contributed by atoms with Gasteiger partial charge in [-0.25, -0.2) is 14.2 Å². The Morgan fingerprint density at radius 2 is 1.81 bits per heavy atom. The monoisotopic (exact) mass is 509 g/mol. The second kappa shape index (κ2) is 12.6. The minimum Gasteiger partial charge on any atom is -0.465 e. The van der Waals surface area contributed by atoms with Crippen molar-refractivity contribution in [2.24, 2.45) is 11.0 Å². The van der Waals surface area contributed by atoms with Crippen molar-refractivity contribution >= 4 is 23.3 Å². The van der Waals surface area contributed by atoms with Crippen LogP contribution in [0.1, 0.15) is 55.6 Å². The van der Waals surface area contributed by atoms with E-state index in [1.165, 1.54) is 7.11 Å². The Morgan fingerprint density at radius 1 is 1.11 bits per heavy atom. The number of hydrazone groups is 1. The number of halogens is 4. The van der Waals surface area contributed by atoms with Crippen LogP contribution in [0.15, 0.2) is 47.6 Å². The Balaban J connectivity index is 0.00000109. The van der Waals surface area contributed by atoms with Gasteiger partial charge >= 0.3 is 12.1 Å². The van der Waals surface area contributed by atoms with Crippen LogP contribution >= 0.6 is 0 Å². The molecule has 4 rings (SSSR count). The van der Waals surface area contributed by atoms with E-state index in [0.29, 0.717) is 49.5 Å². The van der Waals surface area contributed by atoms with Gasteiger partial charge in [0.05, 0.1) is 35.6 Å². The molecule has 0 aromatic heterocycles. The molecule has 2 aromatic carbocycles. The maximum absolute atomic E-state index is 13.6. The lowest BCUT2D eigenvalue weighted by Gasteiger charge is -2.30. The summed E-state index contributed by atoms with van der Waals surface area (Å²) in [6, 6.07) is 9.37. The fourth-order valence-electron chi connectivity index (χ4n) is 3.93. The number of amides is 1. The molecular weight excluding hydrogens is 478 g/mol. The highest BCUT2D eigenvalue weighted by Gasteiger charge is 2.41. The number of anilines is 1. The van der Waals surface area contributed by atoms with Crippen molar-refractivity contribution in [3.05, 3.63) is 65.0 Å². The number of ether oxygens (including phenoxy) is 1. The summed E-state index contributed by atoms with van der Waals surface area (Å²) in [5.74, 6) is -2.89. The molecule has 0 bridgehead atoms. The molecule has 2 aliphatic heterocycles. The van der Waals surface area contributed by atoms with Crippen LogP contribution in [0.2, 0.25) is 0 Å². The third-order valence-electron chi connectivity index (χ3n) is 5.52. The van der Waals surface area contributed by atoms with Crippen molar-refractivity contribution < 1.29 is 31.9 Å². The first-order valence-electron chi connectivity index (χ1n) is 11.8. The van der Waals surface area contributed by atoms with Gasteiger partial charge < -0.3 is 4.74 Å². The van der Waals surface area contributed by atoms with Gasteiger partial charge in [0.15, 0.2) is 0 Å². The number of rotatable bonds is 4. The van der Waals surface area contributed by atoms with Crippen LogP contribution in [0.3, 0.4) is 0 Å². The third kappa shape index (κ3) is 6.48. The molecule has 0 aliphatic carbocycles. The number of esters is 1. The zero-order valence-electron chi connectivity index (χ0n) is 21.0. The van der Waals surface area contributed by atoms with Crippen LogP contribution in [0.25, 0.3) is 0 Å². The number of fused-ring (bicyclic) bond motifs is 1. The highest BCUT2D eigenvalue weighted by molar-refractivity contribution is 6.16. The molecule has 1 saturated heterocycles. The topological polar surface area (TPSA) is 62.2 Å². The number of hydrogen-bond donors (Lipinski definition) is 0. The molecule has 0 N–H and O–H groups in total. The predicted octanol–water partition coefficient (Wildman–Crippen LogP) is 5.91. The summed E-state index contributed by atoms with van der Waals surface area (Å²) in [4.78, 5) is 26.7. The van der Waals surface area contributed by atoms with Gasteiger partial charge in [0.2, 0.25) is 0 Å². The SMILES string of the molecule is CC.CC.COC(=O)c1cccc(CN2CCC3=NN(c4ccc(F)c(C(F)(F)F)c4)C(=O)C3C2)c1. The number of methoxy groups -OCH3 is 1. The van der Waals surface area contributed by atoms with Gasteiger partial charge in [-0.1, -0.05) is 39.8 Å². The number of carbonyl (C=O) groups is 2. The van der Waals surface area contributed by atoms with Crippen molar-refractivity contribution in [3.8, 4) is 0 Å². The van der Waals surface area contributed by atoms with Crippen molar-refractivity contribution in [2.75, 3.05) is 25.2 Å². The summed E-state index contributed by atoms with van der Waals surface area (Å²) >= 11 is 0. The second-order valence-electron chi connectivity index (χ2n) is 7.63. The molecule has 2 aliphatic rings. The summed E-state index contributed by atoms with van der Waals surface area (Å²) < 4.78 is 57.5. The highest BCUT2D eigenvalue weighted by Crippen LogP contribution is 2.36. The lowest BCUT2D eigenvalue weighted by molar-refractivity contribution is -0.140. The Hall–Kier alpha value is -3.27. The molecule has 0 radical (unpaired) electrons. The number of alkyl halides is 3. The molecule has 6 nitrogen and oxygen atoms in total. The van der Waals surface area contributed by atoms with Gasteiger partial charge in [-0.15, -0.1) is 0 Å². The largest absolute Gasteiger partial charge is 0.465 e. The van der Waals surface area contributed by atoms with Gasteiger partial charge in [-0.05, 0) is 35.9 Å². The Labute approximate surface area is 208 Å². The number of piperidine rings is 1. The summed E-state index contributed by atoms with van der Waals surface area (Å²) in [5, 5.41) is 5.15. The smallest absolute Gasteiger partial charge is 0.419 e. The van der Waals surface area contributed by atoms with Gasteiger partial charge in [0.1, 0.15) is 5.82 Å². The quantitative estimate of drug-likeness (QED) is 0.380. The predicted molar refractivity (Wildman–Crippen MR) is 130 cm³/mol. The Kier molecular flexibility index (Phi) is 10.2. The van der Waals surface area contributed by atoms with Crippen LogP contribution < -0.4 is 5.01 Å². The molecule has 0 spiro atoms. The van der Waals surface area contributed by atoms with Crippen molar-refractivity contribution in [2.45, 2.75) is 46.8 Å². The molecule has 1 fully saturated rings. The fraction of sp³-hybridized carbons (Fsp3) is 0.423. The lowest BCUT2D eigenvalue weighted by atomic mass is 9.95. The summed E-state index contributed by atoms with van der Waals surface area (Å²) in [6.45, 7) is 9.41. The average Bonchev–Trinajstić information content (AvgIpc) is 3.21. The van der Waals surface area contributed by atoms with Crippen LogP contribution in [0.5, 0.6) is 0 Å². The number of nitrogens with zero attached hydrogens (tertiary/aromatic N) is 3. The van der Waals surface area contributed by atoms with Crippen LogP contribution in [0, 0.1) is 11.7 Å². The minimum absolute atomic E-state index is 0.122. The van der Waals surface area contributed by atoms with Gasteiger partial charge in [-0.2, -0.15) is 18.3 Å². The lowest BCUT2D eigenvalue weighted by Crippen LogP contribution is -2.43. The molecule has 1 atom stereocenters. The molecule has 10 heteroatoms. The molecule has 2 heterocycles. The van der Waals surface area contributed by atoms with E-state index in [2.05, 4.69) is 5.10 Å². The Morgan fingerprint density at radius 3 is 2.44 bits per heavy atom. The number of benzene rings is 2. The summed E-state index contributed by atoms with van der Waals surface area (Å²) in [6.07, 6.45) is -4.41. The van der Waals surface area contributed by atoms with Crippen molar-refractivity contribution in [1.82, 2.24) is 4.90 Å². The van der Waals surface area contributed by atoms with E-state index in [9.17, 15) is 27.2 Å². The van der Waals surface area contributed by atoms with E-state index in [1.807, 2.05) is 38.7 Å². The standard InChI is InChI=1S/C22H19F4N3O3.2C2H6/c1-32-21(31)14-4-2-3-13(9-14)11-28-8-7-19-16(12-28)20(30)29(27-19)15-5-6-18(23)17(10-15)22(24,25)26;2*1-2/h2-6,9-10,16H,7-8,11-12H2,1H3;2*1-2H3. The molecular formula is C26H31F4N3O3. The molecule has 1 unspecified atom stereocenters. The van der Waals surface area contributed by atoms with E-state index in [-0.39, 0.29) is 5.69 Å². The first-order valence-corrected chi connectivity index (χ1v) is 11.8. The van der Waals surface area contributed by atoms with Gasteiger partial charge in [0.25, 0.3) is 5.91 Å². The zero-order chi connectivity index (χ0) is 27.0. The van der Waals surface area contributed by atoms with Crippen LogP contribution in [-0.2, 0) is 22.3 Å². The van der Waals surface area contributed by atoms with Crippen molar-refractivity contribution in [1.29, 1.82) is 0 Å². The molecule has 2 aromatic rings. The summed E-state index contributed by atoms with van der Waals surface area (Å²) in [5.41, 5.74) is 0.313. The van der Waals surface area contributed by atoms with Crippen LogP contribution in [-0.4, -0.2) is 42.7 Å². The van der Waals surface area contributed by atoms with E-state index in [0.717, 1.165) is 16.6 Å². The first kappa shape index (κ1) is 29.0. The molecule has 196 valence electrons. The molecule has 36 heavy (non-hydrogen) atoms. The van der Waals surface area contributed by atoms with E-state index in [1.54, 1.807) is 18.2 Å². The first-order chi connectivity index (χ1) is 17.2. The van der Waals surface area contributed by atoms with Gasteiger partial charge in [0, 0.05) is 26.1 Å². The molecule has 0 saturated carbocycles. The maximum Gasteiger partial charge on any atom is 0.419 e. The molecule has 1 amide bonds. The third-order valence-corrected chi connectivity index (χ3v) is 5.52. The highest BCUT2D eigenvalue weighted by atomic mass is 19.4. The zero-order valence-corrected chi connectivity index (χ0v) is 21.0. The number of hydrogen-bond acceptors (Lipinski definition) is 5. The normalized spacial score (nSPS) is 17.2. The minimum atomic E-state index is -4.88. The number of likely N-dealkylation sites (tertiary alicyclic amines) is 1. The fourth-order valence-corrected chi connectivity index (χ4v) is 3.93. The average molecular weight is 510 g/mol. The number of carbonyl (C=O) groups excluding carboxylic acids is 2. The Bertz CT molecular complexity index is 1100. The maximum atomic E-state index is 13.6. The van der Waals surface area contributed by atoms with Gasteiger partial charge in [-0.3, -0.25) is 9.69 Å². The van der Waals surface area contributed by atoms with E-state index < -0.39 is 35.4 Å². The van der Waals surface area contributed by atoms with E-state index >= 15 is 0 Å².